The van der Waals surface area contributed by atoms with E-state index in [0.717, 1.165) is 31.2 Å². The van der Waals surface area contributed by atoms with Gasteiger partial charge in [0, 0.05) is 13.7 Å². The fourth-order valence-corrected chi connectivity index (χ4v) is 2.07. The van der Waals surface area contributed by atoms with E-state index in [1.54, 1.807) is 24.3 Å². The first-order valence-corrected chi connectivity index (χ1v) is 8.12. The summed E-state index contributed by atoms with van der Waals surface area (Å²) >= 11 is 0. The summed E-state index contributed by atoms with van der Waals surface area (Å²) in [7, 11) is -2.35. The molecule has 0 radical (unpaired) electrons. The molecule has 124 valence electrons. The average molecular weight is 330 g/mol. The van der Waals surface area contributed by atoms with Crippen molar-refractivity contribution in [2.75, 3.05) is 33.4 Å². The van der Waals surface area contributed by atoms with E-state index in [2.05, 4.69) is 10.3 Å². The Bertz CT molecular complexity index is 587. The molecule has 0 fully saturated rings. The molecule has 1 aromatic carbocycles. The second kappa shape index (κ2) is 8.69. The number of aliphatic imine (C=N–C) groups is 1. The fraction of sp³-hybridized carbons (Fsp3) is 0.462. The molecule has 1 heterocycles. The Hall–Kier alpha value is -1.68. The first kappa shape index (κ1) is 18.4. The second-order valence-electron chi connectivity index (χ2n) is 4.61. The molecular weight excluding hydrogens is 308 g/mol. The lowest BCUT2D eigenvalue weighted by molar-refractivity contribution is 0.203. The molecule has 1 aromatic rings. The van der Waals surface area contributed by atoms with Crippen LogP contribution in [-0.2, 0) is 14.9 Å². The Morgan fingerprint density at radius 1 is 1.41 bits per heavy atom. The van der Waals surface area contributed by atoms with Crippen molar-refractivity contribution in [2.24, 2.45) is 10.8 Å². The predicted molar refractivity (Wildman–Crippen MR) is 84.1 cm³/mol. The molecule has 4 N–H and O–H groups in total. The number of ether oxygens (including phenoxy) is 1. The van der Waals surface area contributed by atoms with Gasteiger partial charge in [-0.25, -0.2) is 5.84 Å². The third-order valence-electron chi connectivity index (χ3n) is 2.78. The monoisotopic (exact) mass is 330 g/mol. The van der Waals surface area contributed by atoms with Gasteiger partial charge in [0.05, 0.1) is 24.6 Å². The predicted octanol–water partition coefficient (Wildman–Crippen LogP) is 0.00942. The van der Waals surface area contributed by atoms with Crippen molar-refractivity contribution in [3.63, 3.8) is 0 Å². The number of hydrazine groups is 1. The minimum Gasteiger partial charge on any atom is -0.383 e. The largest absolute Gasteiger partial charge is 0.383 e. The molecule has 2 rings (SSSR count). The number of benzene rings is 1. The number of hydrogen-bond acceptors (Lipinski definition) is 7. The maximum Gasteiger partial charge on any atom is 0.294 e. The van der Waals surface area contributed by atoms with Gasteiger partial charge >= 0.3 is 0 Å². The SMILES string of the molecule is COCCNC1=NCCN1N.Cc1ccc(S(=O)(=O)O)cc1. The van der Waals surface area contributed by atoms with Crippen LogP contribution in [0.15, 0.2) is 34.2 Å². The van der Waals surface area contributed by atoms with Gasteiger partial charge in [-0.05, 0) is 19.1 Å². The van der Waals surface area contributed by atoms with Crippen LogP contribution in [0.5, 0.6) is 0 Å². The van der Waals surface area contributed by atoms with Crippen LogP contribution in [-0.4, -0.2) is 57.3 Å². The molecule has 0 saturated heterocycles. The Labute approximate surface area is 130 Å². The van der Waals surface area contributed by atoms with Gasteiger partial charge in [-0.2, -0.15) is 8.42 Å². The third kappa shape index (κ3) is 6.39. The molecule has 8 nitrogen and oxygen atoms in total. The van der Waals surface area contributed by atoms with Crippen LogP contribution in [0.25, 0.3) is 0 Å². The summed E-state index contributed by atoms with van der Waals surface area (Å²) < 4.78 is 34.4. The fourth-order valence-electron chi connectivity index (χ4n) is 1.59. The Kier molecular flexibility index (Phi) is 7.25. The Morgan fingerprint density at radius 3 is 2.50 bits per heavy atom. The smallest absolute Gasteiger partial charge is 0.294 e. The highest BCUT2D eigenvalue weighted by molar-refractivity contribution is 7.85. The van der Waals surface area contributed by atoms with E-state index in [4.69, 9.17) is 15.1 Å². The van der Waals surface area contributed by atoms with Crippen molar-refractivity contribution in [2.45, 2.75) is 11.8 Å². The minimum absolute atomic E-state index is 0.0666. The van der Waals surface area contributed by atoms with Crippen LogP contribution < -0.4 is 11.2 Å². The summed E-state index contributed by atoms with van der Waals surface area (Å²) in [4.78, 5) is 4.07. The summed E-state index contributed by atoms with van der Waals surface area (Å²) in [6.07, 6.45) is 0. The number of nitrogens with one attached hydrogen (secondary N) is 1. The Morgan fingerprint density at radius 2 is 2.05 bits per heavy atom. The van der Waals surface area contributed by atoms with Crippen molar-refractivity contribution in [3.05, 3.63) is 29.8 Å². The molecule has 0 amide bonds. The molecule has 0 unspecified atom stereocenters. The lowest BCUT2D eigenvalue weighted by Gasteiger charge is -2.13. The quantitative estimate of drug-likeness (QED) is 0.404. The van der Waals surface area contributed by atoms with Gasteiger partial charge < -0.3 is 10.1 Å². The zero-order chi connectivity index (χ0) is 16.6. The van der Waals surface area contributed by atoms with Crippen LogP contribution >= 0.6 is 0 Å². The first-order valence-electron chi connectivity index (χ1n) is 6.68. The van der Waals surface area contributed by atoms with Crippen molar-refractivity contribution in [3.8, 4) is 0 Å². The molecule has 1 aliphatic heterocycles. The number of guanidine groups is 1. The van der Waals surface area contributed by atoms with Crippen LogP contribution in [0, 0.1) is 6.92 Å². The van der Waals surface area contributed by atoms with E-state index in [1.165, 1.54) is 12.1 Å². The Balaban J connectivity index is 0.000000220. The average Bonchev–Trinajstić information content (AvgIpc) is 2.85. The second-order valence-corrected chi connectivity index (χ2v) is 6.03. The highest BCUT2D eigenvalue weighted by Crippen LogP contribution is 2.08. The first-order chi connectivity index (χ1) is 10.3. The highest BCUT2D eigenvalue weighted by Gasteiger charge is 2.11. The van der Waals surface area contributed by atoms with Crippen molar-refractivity contribution in [1.82, 2.24) is 10.3 Å². The van der Waals surface area contributed by atoms with Gasteiger partial charge in [0.2, 0.25) is 5.96 Å². The maximum atomic E-state index is 10.5. The summed E-state index contributed by atoms with van der Waals surface area (Å²) in [5, 5.41) is 4.66. The molecule has 0 spiro atoms. The summed E-state index contributed by atoms with van der Waals surface area (Å²) in [5.41, 5.74) is 0.956. The zero-order valence-electron chi connectivity index (χ0n) is 12.7. The molecule has 0 atom stereocenters. The van der Waals surface area contributed by atoms with E-state index < -0.39 is 10.1 Å². The van der Waals surface area contributed by atoms with Gasteiger partial charge in [-0.3, -0.25) is 14.6 Å². The van der Waals surface area contributed by atoms with Gasteiger partial charge in [0.1, 0.15) is 0 Å². The van der Waals surface area contributed by atoms with E-state index in [-0.39, 0.29) is 4.90 Å². The highest BCUT2D eigenvalue weighted by atomic mass is 32.2. The molecular formula is C13H22N4O4S. The number of methoxy groups -OCH3 is 1. The van der Waals surface area contributed by atoms with Gasteiger partial charge in [-0.1, -0.05) is 17.7 Å². The minimum atomic E-state index is -4.02. The zero-order valence-corrected chi connectivity index (χ0v) is 13.5. The van der Waals surface area contributed by atoms with Crippen molar-refractivity contribution >= 4 is 16.1 Å². The van der Waals surface area contributed by atoms with E-state index >= 15 is 0 Å². The van der Waals surface area contributed by atoms with Gasteiger partial charge in [0.25, 0.3) is 10.1 Å². The molecule has 22 heavy (non-hydrogen) atoms. The van der Waals surface area contributed by atoms with E-state index in [0.29, 0.717) is 6.61 Å². The summed E-state index contributed by atoms with van der Waals surface area (Å²) in [6.45, 7) is 4.85. The lowest BCUT2D eigenvalue weighted by Crippen LogP contribution is -2.43. The van der Waals surface area contributed by atoms with Gasteiger partial charge in [0.15, 0.2) is 0 Å². The van der Waals surface area contributed by atoms with Crippen LogP contribution in [0.3, 0.4) is 0 Å². The van der Waals surface area contributed by atoms with E-state index in [9.17, 15) is 8.42 Å². The van der Waals surface area contributed by atoms with Crippen molar-refractivity contribution < 1.29 is 17.7 Å². The molecule has 0 saturated carbocycles. The molecule has 0 bridgehead atoms. The normalized spacial score (nSPS) is 14.2. The maximum absolute atomic E-state index is 10.5. The number of aryl methyl sites for hydroxylation is 1. The molecule has 0 aliphatic carbocycles. The number of nitrogens with zero attached hydrogens (tertiary/aromatic N) is 2. The van der Waals surface area contributed by atoms with Crippen molar-refractivity contribution in [1.29, 1.82) is 0 Å². The van der Waals surface area contributed by atoms with Crippen LogP contribution in [0.4, 0.5) is 0 Å². The summed E-state index contributed by atoms with van der Waals surface area (Å²) in [6, 6.07) is 5.99. The number of hydrogen-bond donors (Lipinski definition) is 3. The summed E-state index contributed by atoms with van der Waals surface area (Å²) in [5.74, 6) is 6.33. The standard InChI is InChI=1S/C7H8O3S.C6H14N4O/c1-6-2-4-7(5-3-6)11(8,9)10;1-11-5-3-9-6-8-2-4-10(6)7/h2-5H,1H3,(H,8,9,10);2-5,7H2,1H3,(H,8,9). The van der Waals surface area contributed by atoms with E-state index in [1.807, 2.05) is 6.92 Å². The molecule has 9 heteroatoms. The topological polar surface area (TPSA) is 117 Å². The number of rotatable bonds is 4. The molecule has 1 aliphatic rings. The third-order valence-corrected chi connectivity index (χ3v) is 3.65. The molecule has 0 aromatic heterocycles. The lowest BCUT2D eigenvalue weighted by atomic mass is 10.2. The van der Waals surface area contributed by atoms with Crippen LogP contribution in [0.2, 0.25) is 0 Å². The number of nitrogens with two attached hydrogens (primary N) is 1. The van der Waals surface area contributed by atoms with Gasteiger partial charge in [-0.15, -0.1) is 0 Å². The van der Waals surface area contributed by atoms with Crippen LogP contribution in [0.1, 0.15) is 5.56 Å².